The lowest BCUT2D eigenvalue weighted by Gasteiger charge is -2.25. The molecule has 0 saturated carbocycles. The van der Waals surface area contributed by atoms with Gasteiger partial charge in [-0.3, -0.25) is 4.79 Å². The van der Waals surface area contributed by atoms with Gasteiger partial charge in [0.2, 0.25) is 0 Å². The Morgan fingerprint density at radius 3 is 1.88 bits per heavy atom. The average Bonchev–Trinajstić information content (AvgIpc) is 2.65. The smallest absolute Gasteiger partial charge is 0.279 e. The zero-order valence-corrected chi connectivity index (χ0v) is 15.3. The molecule has 3 rings (SSSR count). The van der Waals surface area contributed by atoms with Gasteiger partial charge in [0.25, 0.3) is 5.91 Å². The molecule has 3 aromatic carbocycles. The zero-order chi connectivity index (χ0) is 18.4. The number of para-hydroxylation sites is 1. The first-order chi connectivity index (χ1) is 12.6. The number of likely N-dealkylation sites (N-methyl/N-ethyl adjacent to an activating group) is 1. The summed E-state index contributed by atoms with van der Waals surface area (Å²) in [5, 5.41) is 3.04. The van der Waals surface area contributed by atoms with E-state index in [0.717, 1.165) is 16.2 Å². The van der Waals surface area contributed by atoms with Gasteiger partial charge in [-0.05, 0) is 18.6 Å². The monoisotopic (exact) mass is 345 g/mol. The van der Waals surface area contributed by atoms with Gasteiger partial charge in [0.1, 0.15) is 6.04 Å². The van der Waals surface area contributed by atoms with Gasteiger partial charge in [-0.1, -0.05) is 78.9 Å². The van der Waals surface area contributed by atoms with Crippen molar-refractivity contribution in [1.29, 1.82) is 0 Å². The lowest BCUT2D eigenvalue weighted by atomic mass is 9.97. The van der Waals surface area contributed by atoms with E-state index in [2.05, 4.69) is 36.6 Å². The normalized spacial score (nSPS) is 12.0. The van der Waals surface area contributed by atoms with Crippen LogP contribution in [-0.4, -0.2) is 19.5 Å². The van der Waals surface area contributed by atoms with Crippen molar-refractivity contribution in [3.05, 3.63) is 102 Å². The Morgan fingerprint density at radius 2 is 1.35 bits per heavy atom. The second kappa shape index (κ2) is 8.45. The van der Waals surface area contributed by atoms with E-state index in [-0.39, 0.29) is 11.9 Å². The lowest BCUT2D eigenvalue weighted by Crippen LogP contribution is -3.10. The van der Waals surface area contributed by atoms with Gasteiger partial charge in [-0.2, -0.15) is 0 Å². The van der Waals surface area contributed by atoms with Crippen molar-refractivity contribution < 1.29 is 9.69 Å². The maximum absolute atomic E-state index is 12.6. The Bertz CT molecular complexity index is 807. The molecule has 0 heterocycles. The van der Waals surface area contributed by atoms with E-state index < -0.39 is 0 Å². The molecule has 0 aliphatic rings. The molecule has 0 bridgehead atoms. The average molecular weight is 345 g/mol. The molecule has 0 spiro atoms. The fourth-order valence-corrected chi connectivity index (χ4v) is 3.32. The zero-order valence-electron chi connectivity index (χ0n) is 15.3. The molecule has 0 saturated heterocycles. The third-order valence-electron chi connectivity index (χ3n) is 4.62. The van der Waals surface area contributed by atoms with E-state index in [1.165, 1.54) is 11.1 Å². The fourth-order valence-electron chi connectivity index (χ4n) is 3.32. The number of benzene rings is 3. The van der Waals surface area contributed by atoms with Crippen LogP contribution >= 0.6 is 0 Å². The molecule has 3 aromatic rings. The van der Waals surface area contributed by atoms with Crippen LogP contribution in [0.5, 0.6) is 0 Å². The van der Waals surface area contributed by atoms with Crippen molar-refractivity contribution in [2.45, 2.75) is 13.0 Å². The first-order valence-corrected chi connectivity index (χ1v) is 8.93. The van der Waals surface area contributed by atoms with Crippen molar-refractivity contribution >= 4 is 11.6 Å². The number of carbonyl (C=O) groups excluding carboxylic acids is 1. The number of nitrogens with one attached hydrogen (secondary N) is 2. The Balaban J connectivity index is 1.79. The van der Waals surface area contributed by atoms with Crippen molar-refractivity contribution in [2.75, 3.05) is 18.9 Å². The molecule has 3 nitrogen and oxygen atoms in total. The first-order valence-electron chi connectivity index (χ1n) is 8.93. The van der Waals surface area contributed by atoms with Gasteiger partial charge in [0.05, 0.1) is 7.05 Å². The van der Waals surface area contributed by atoms with E-state index in [1.54, 1.807) is 0 Å². The summed E-state index contributed by atoms with van der Waals surface area (Å²) >= 11 is 0. The number of amides is 1. The number of hydrogen-bond acceptors (Lipinski definition) is 1. The van der Waals surface area contributed by atoms with Crippen LogP contribution in [0.2, 0.25) is 0 Å². The molecular weight excluding hydrogens is 320 g/mol. The van der Waals surface area contributed by atoms with E-state index >= 15 is 0 Å². The molecule has 0 radical (unpaired) electrons. The van der Waals surface area contributed by atoms with Crippen LogP contribution in [0, 0.1) is 6.92 Å². The maximum atomic E-state index is 12.6. The fraction of sp³-hybridized carbons (Fsp3) is 0.174. The Hall–Kier alpha value is -2.91. The molecule has 0 aliphatic heterocycles. The molecule has 0 fully saturated rings. The van der Waals surface area contributed by atoms with E-state index in [4.69, 9.17) is 0 Å². The van der Waals surface area contributed by atoms with E-state index in [1.807, 2.05) is 67.6 Å². The molecule has 0 aromatic heterocycles. The first kappa shape index (κ1) is 17.9. The Labute approximate surface area is 155 Å². The molecular formula is C23H25N2O+. The highest BCUT2D eigenvalue weighted by molar-refractivity contribution is 5.92. The predicted octanol–water partition coefficient (Wildman–Crippen LogP) is 3.24. The third kappa shape index (κ3) is 4.38. The quantitative estimate of drug-likeness (QED) is 0.706. The van der Waals surface area contributed by atoms with Gasteiger partial charge in [0.15, 0.2) is 6.54 Å². The Kier molecular flexibility index (Phi) is 5.82. The van der Waals surface area contributed by atoms with Gasteiger partial charge in [-0.25, -0.2) is 0 Å². The van der Waals surface area contributed by atoms with Crippen LogP contribution in [-0.2, 0) is 4.79 Å². The summed E-state index contributed by atoms with van der Waals surface area (Å²) in [6, 6.07) is 28.7. The van der Waals surface area contributed by atoms with Crippen molar-refractivity contribution in [3.8, 4) is 0 Å². The summed E-state index contributed by atoms with van der Waals surface area (Å²) in [6.07, 6.45) is 0. The van der Waals surface area contributed by atoms with Crippen LogP contribution in [0.4, 0.5) is 5.69 Å². The van der Waals surface area contributed by atoms with E-state index in [9.17, 15) is 4.79 Å². The Morgan fingerprint density at radius 1 is 0.846 bits per heavy atom. The van der Waals surface area contributed by atoms with Crippen LogP contribution in [0.1, 0.15) is 22.7 Å². The molecule has 0 aliphatic carbocycles. The van der Waals surface area contributed by atoms with Gasteiger partial charge < -0.3 is 10.2 Å². The number of rotatable bonds is 6. The topological polar surface area (TPSA) is 33.5 Å². The SMILES string of the molecule is Cc1ccccc1NC(=O)C[NH+](C)C(c1ccccc1)c1ccccc1. The van der Waals surface area contributed by atoms with Crippen molar-refractivity contribution in [1.82, 2.24) is 0 Å². The molecule has 2 N–H and O–H groups in total. The standard InChI is InChI=1S/C23H24N2O/c1-18-11-9-10-16-21(18)24-22(26)17-25(2)23(19-12-5-3-6-13-19)20-14-7-4-8-15-20/h3-16,23H,17H2,1-2H3,(H,24,26)/p+1. The second-order valence-electron chi connectivity index (χ2n) is 6.64. The molecule has 132 valence electrons. The molecule has 3 heteroatoms. The molecule has 26 heavy (non-hydrogen) atoms. The number of quaternary nitrogens is 1. The number of anilines is 1. The van der Waals surface area contributed by atoms with Gasteiger partial charge in [0, 0.05) is 16.8 Å². The predicted molar refractivity (Wildman–Crippen MR) is 106 cm³/mol. The van der Waals surface area contributed by atoms with Crippen molar-refractivity contribution in [2.24, 2.45) is 0 Å². The highest BCUT2D eigenvalue weighted by Crippen LogP contribution is 2.18. The molecule has 1 atom stereocenters. The molecule has 1 unspecified atom stereocenters. The highest BCUT2D eigenvalue weighted by Gasteiger charge is 2.24. The molecule has 1 amide bonds. The summed E-state index contributed by atoms with van der Waals surface area (Å²) in [5.74, 6) is 0.0219. The summed E-state index contributed by atoms with van der Waals surface area (Å²) < 4.78 is 0. The summed E-state index contributed by atoms with van der Waals surface area (Å²) in [6.45, 7) is 2.39. The minimum Gasteiger partial charge on any atom is -0.321 e. The number of carbonyl (C=O) groups is 1. The van der Waals surface area contributed by atoms with Crippen LogP contribution in [0.3, 0.4) is 0 Å². The summed E-state index contributed by atoms with van der Waals surface area (Å²) in [4.78, 5) is 13.7. The van der Waals surface area contributed by atoms with E-state index in [0.29, 0.717) is 6.54 Å². The highest BCUT2D eigenvalue weighted by atomic mass is 16.2. The second-order valence-corrected chi connectivity index (χ2v) is 6.64. The number of aryl methyl sites for hydroxylation is 1. The van der Waals surface area contributed by atoms with Crippen molar-refractivity contribution in [3.63, 3.8) is 0 Å². The summed E-state index contributed by atoms with van der Waals surface area (Å²) in [5.41, 5.74) is 4.36. The van der Waals surface area contributed by atoms with Crippen LogP contribution in [0.15, 0.2) is 84.9 Å². The minimum absolute atomic E-state index is 0.0219. The summed E-state index contributed by atoms with van der Waals surface area (Å²) in [7, 11) is 2.07. The lowest BCUT2D eigenvalue weighted by molar-refractivity contribution is -0.897. The van der Waals surface area contributed by atoms with Gasteiger partial charge in [-0.15, -0.1) is 0 Å². The minimum atomic E-state index is 0.0219. The third-order valence-corrected chi connectivity index (χ3v) is 4.62. The largest absolute Gasteiger partial charge is 0.321 e. The maximum Gasteiger partial charge on any atom is 0.279 e. The number of hydrogen-bond donors (Lipinski definition) is 2. The van der Waals surface area contributed by atoms with Crippen LogP contribution < -0.4 is 10.2 Å². The van der Waals surface area contributed by atoms with Crippen LogP contribution in [0.25, 0.3) is 0 Å². The van der Waals surface area contributed by atoms with Gasteiger partial charge >= 0.3 is 0 Å².